The van der Waals surface area contributed by atoms with Gasteiger partial charge in [-0.25, -0.2) is 0 Å². The lowest BCUT2D eigenvalue weighted by Gasteiger charge is -2.38. The Morgan fingerprint density at radius 2 is 2.15 bits per heavy atom. The number of unbranched alkanes of at least 4 members (excludes halogenated alkanes) is 1. The number of H-pyrrole nitrogens is 1. The second-order valence-corrected chi connectivity index (χ2v) is 8.24. The van der Waals surface area contributed by atoms with E-state index in [0.717, 1.165) is 35.7 Å². The quantitative estimate of drug-likeness (QED) is 0.805. The summed E-state index contributed by atoms with van der Waals surface area (Å²) in [6, 6.07) is 5.72. The van der Waals surface area contributed by atoms with Gasteiger partial charge in [-0.1, -0.05) is 31.4 Å². The lowest BCUT2D eigenvalue weighted by Crippen LogP contribution is -2.51. The molecule has 140 valence electrons. The van der Waals surface area contributed by atoms with Gasteiger partial charge in [0.15, 0.2) is 0 Å². The molecular weight excluding hydrogens is 348 g/mol. The second-order valence-electron chi connectivity index (χ2n) is 7.80. The van der Waals surface area contributed by atoms with Gasteiger partial charge in [-0.15, -0.1) is 0 Å². The van der Waals surface area contributed by atoms with E-state index < -0.39 is 0 Å². The Morgan fingerprint density at radius 3 is 2.88 bits per heavy atom. The van der Waals surface area contributed by atoms with Crippen molar-refractivity contribution in [3.8, 4) is 0 Å². The molecule has 2 aromatic rings. The van der Waals surface area contributed by atoms with Crippen LogP contribution in [-0.2, 0) is 4.74 Å². The first-order chi connectivity index (χ1) is 12.6. The van der Waals surface area contributed by atoms with Crippen molar-refractivity contribution in [1.29, 1.82) is 0 Å². The summed E-state index contributed by atoms with van der Waals surface area (Å²) >= 11 is 6.13. The fourth-order valence-corrected chi connectivity index (χ4v) is 4.20. The van der Waals surface area contributed by atoms with Crippen LogP contribution in [0.2, 0.25) is 5.02 Å². The largest absolute Gasteiger partial charge is 0.371 e. The average molecular weight is 375 g/mol. The number of morpholine rings is 1. The van der Waals surface area contributed by atoms with Gasteiger partial charge in [-0.2, -0.15) is 0 Å². The molecule has 1 aromatic heterocycles. The maximum atomic E-state index is 13.3. The number of halogens is 1. The van der Waals surface area contributed by atoms with Crippen molar-refractivity contribution in [2.75, 3.05) is 13.1 Å². The van der Waals surface area contributed by atoms with Crippen LogP contribution < -0.4 is 0 Å². The van der Waals surface area contributed by atoms with Gasteiger partial charge in [-0.3, -0.25) is 4.79 Å². The molecule has 0 spiro atoms. The molecule has 1 saturated heterocycles. The van der Waals surface area contributed by atoms with Crippen LogP contribution in [0.25, 0.3) is 10.9 Å². The molecule has 2 atom stereocenters. The number of amides is 1. The highest BCUT2D eigenvalue weighted by Gasteiger charge is 2.40. The van der Waals surface area contributed by atoms with Gasteiger partial charge >= 0.3 is 0 Å². The van der Waals surface area contributed by atoms with Crippen LogP contribution >= 0.6 is 11.6 Å². The lowest BCUT2D eigenvalue weighted by atomic mass is 10.1. The van der Waals surface area contributed by atoms with Gasteiger partial charge in [-0.05, 0) is 55.9 Å². The molecule has 1 aliphatic heterocycles. The van der Waals surface area contributed by atoms with E-state index in [1.807, 2.05) is 30.0 Å². The SMILES string of the molecule is CCCC[C@@H]1CN(C(=O)c2[nH]c3ccc(Cl)cc3c2C)C[C@H](C2CC2)O1. The zero-order chi connectivity index (χ0) is 18.3. The monoisotopic (exact) mass is 374 g/mol. The number of aromatic amines is 1. The van der Waals surface area contributed by atoms with Crippen LogP contribution in [0.3, 0.4) is 0 Å². The van der Waals surface area contributed by atoms with Crippen LogP contribution in [0.15, 0.2) is 18.2 Å². The van der Waals surface area contributed by atoms with E-state index in [-0.39, 0.29) is 18.1 Å². The lowest BCUT2D eigenvalue weighted by molar-refractivity contribution is -0.0875. The van der Waals surface area contributed by atoms with Crippen molar-refractivity contribution in [2.24, 2.45) is 5.92 Å². The molecule has 0 unspecified atom stereocenters. The highest BCUT2D eigenvalue weighted by atomic mass is 35.5. The van der Waals surface area contributed by atoms with E-state index in [1.165, 1.54) is 12.8 Å². The maximum Gasteiger partial charge on any atom is 0.270 e. The molecule has 4 rings (SSSR count). The van der Waals surface area contributed by atoms with Gasteiger partial charge in [0.25, 0.3) is 5.91 Å². The number of fused-ring (bicyclic) bond motifs is 1. The number of carbonyl (C=O) groups excluding carboxylic acids is 1. The van der Waals surface area contributed by atoms with E-state index >= 15 is 0 Å². The number of rotatable bonds is 5. The third-order valence-corrected chi connectivity index (χ3v) is 5.98. The van der Waals surface area contributed by atoms with Crippen molar-refractivity contribution in [2.45, 2.75) is 58.2 Å². The molecule has 0 radical (unpaired) electrons. The Kier molecular flexibility index (Phi) is 4.98. The third-order valence-electron chi connectivity index (χ3n) is 5.74. The molecule has 26 heavy (non-hydrogen) atoms. The fraction of sp³-hybridized carbons (Fsp3) is 0.571. The van der Waals surface area contributed by atoms with E-state index in [9.17, 15) is 4.79 Å². The van der Waals surface area contributed by atoms with Gasteiger partial charge in [0, 0.05) is 29.0 Å². The molecule has 1 N–H and O–H groups in total. The number of carbonyl (C=O) groups is 1. The van der Waals surface area contributed by atoms with E-state index in [2.05, 4.69) is 11.9 Å². The Morgan fingerprint density at radius 1 is 1.35 bits per heavy atom. The number of aromatic nitrogens is 1. The first-order valence-corrected chi connectivity index (χ1v) is 10.2. The van der Waals surface area contributed by atoms with Crippen LogP contribution in [0.1, 0.15) is 55.1 Å². The molecule has 1 aliphatic carbocycles. The zero-order valence-corrected chi connectivity index (χ0v) is 16.3. The molecule has 2 fully saturated rings. The fourth-order valence-electron chi connectivity index (χ4n) is 4.03. The summed E-state index contributed by atoms with van der Waals surface area (Å²) in [6.45, 7) is 5.60. The van der Waals surface area contributed by atoms with E-state index in [0.29, 0.717) is 29.7 Å². The standard InChI is InChI=1S/C21H27ClN2O2/c1-3-4-5-16-11-24(12-19(26-16)14-6-7-14)21(25)20-13(2)17-10-15(22)8-9-18(17)23-20/h8-10,14,16,19,23H,3-7,11-12H2,1-2H3/t16-,19-/m1/s1. The number of nitrogens with one attached hydrogen (secondary N) is 1. The molecule has 1 amide bonds. The van der Waals surface area contributed by atoms with Crippen LogP contribution in [0.5, 0.6) is 0 Å². The van der Waals surface area contributed by atoms with Crippen molar-refractivity contribution >= 4 is 28.4 Å². The van der Waals surface area contributed by atoms with Gasteiger partial charge in [0.2, 0.25) is 0 Å². The predicted octanol–water partition coefficient (Wildman–Crippen LogP) is 4.94. The molecule has 4 nitrogen and oxygen atoms in total. The molecule has 1 aromatic carbocycles. The summed E-state index contributed by atoms with van der Waals surface area (Å²) in [5.74, 6) is 0.725. The average Bonchev–Trinajstić information content (AvgIpc) is 3.45. The number of ether oxygens (including phenoxy) is 1. The molecular formula is C21H27ClN2O2. The minimum absolute atomic E-state index is 0.0882. The van der Waals surface area contributed by atoms with Gasteiger partial charge in [0.05, 0.1) is 12.2 Å². The normalized spacial score (nSPS) is 23.6. The highest BCUT2D eigenvalue weighted by molar-refractivity contribution is 6.31. The zero-order valence-electron chi connectivity index (χ0n) is 15.6. The topological polar surface area (TPSA) is 45.3 Å². The predicted molar refractivity (Wildman–Crippen MR) is 105 cm³/mol. The first-order valence-electron chi connectivity index (χ1n) is 9.79. The summed E-state index contributed by atoms with van der Waals surface area (Å²) in [6.07, 6.45) is 6.17. The second kappa shape index (κ2) is 7.24. The Hall–Kier alpha value is -1.52. The smallest absolute Gasteiger partial charge is 0.270 e. The highest BCUT2D eigenvalue weighted by Crippen LogP contribution is 2.37. The van der Waals surface area contributed by atoms with Crippen LogP contribution in [0, 0.1) is 12.8 Å². The summed E-state index contributed by atoms with van der Waals surface area (Å²) in [7, 11) is 0. The number of hydrogen-bond acceptors (Lipinski definition) is 2. The minimum atomic E-state index is 0.0882. The van der Waals surface area contributed by atoms with Crippen LogP contribution in [-0.4, -0.2) is 41.1 Å². The summed E-state index contributed by atoms with van der Waals surface area (Å²) < 4.78 is 6.31. The van der Waals surface area contributed by atoms with Crippen molar-refractivity contribution < 1.29 is 9.53 Å². The third kappa shape index (κ3) is 3.49. The summed E-state index contributed by atoms with van der Waals surface area (Å²) in [4.78, 5) is 18.6. The number of benzene rings is 1. The molecule has 0 bridgehead atoms. The number of nitrogens with zero attached hydrogens (tertiary/aromatic N) is 1. The molecule has 1 saturated carbocycles. The molecule has 5 heteroatoms. The molecule has 2 heterocycles. The van der Waals surface area contributed by atoms with E-state index in [4.69, 9.17) is 16.3 Å². The van der Waals surface area contributed by atoms with Gasteiger partial charge in [0.1, 0.15) is 5.69 Å². The van der Waals surface area contributed by atoms with Crippen molar-refractivity contribution in [1.82, 2.24) is 9.88 Å². The number of hydrogen-bond donors (Lipinski definition) is 1. The maximum absolute atomic E-state index is 13.3. The summed E-state index contributed by atoms with van der Waals surface area (Å²) in [5, 5.41) is 1.72. The minimum Gasteiger partial charge on any atom is -0.371 e. The number of aryl methyl sites for hydroxylation is 1. The van der Waals surface area contributed by atoms with E-state index in [1.54, 1.807) is 0 Å². The van der Waals surface area contributed by atoms with Crippen LogP contribution in [0.4, 0.5) is 0 Å². The molecule has 2 aliphatic rings. The van der Waals surface area contributed by atoms with Crippen molar-refractivity contribution in [3.63, 3.8) is 0 Å². The Balaban J connectivity index is 1.58. The summed E-state index contributed by atoms with van der Waals surface area (Å²) in [5.41, 5.74) is 2.63. The van der Waals surface area contributed by atoms with Gasteiger partial charge < -0.3 is 14.6 Å². The Bertz CT molecular complexity index is 812. The Labute approximate surface area is 159 Å². The first kappa shape index (κ1) is 17.9. The van der Waals surface area contributed by atoms with Crippen molar-refractivity contribution in [3.05, 3.63) is 34.5 Å².